The van der Waals surface area contributed by atoms with Crippen molar-refractivity contribution in [3.63, 3.8) is 0 Å². The van der Waals surface area contributed by atoms with Gasteiger partial charge in [0, 0.05) is 0 Å². The van der Waals surface area contributed by atoms with E-state index in [1.165, 1.54) is 7.11 Å². The largest absolute Gasteiger partial charge is 0.468 e. The molecule has 2 heterocycles. The van der Waals surface area contributed by atoms with Gasteiger partial charge >= 0.3 is 5.97 Å². The van der Waals surface area contributed by atoms with E-state index in [0.29, 0.717) is 25.1 Å². The number of rotatable bonds is 3. The van der Waals surface area contributed by atoms with E-state index >= 15 is 0 Å². The topological polar surface area (TPSA) is 72.5 Å². The number of hydrogen-bond acceptors (Lipinski definition) is 5. The van der Waals surface area contributed by atoms with E-state index in [0.717, 1.165) is 19.3 Å². The lowest BCUT2D eigenvalue weighted by Crippen LogP contribution is -2.31. The third-order valence-corrected chi connectivity index (χ3v) is 6.32. The van der Waals surface area contributed by atoms with Crippen molar-refractivity contribution >= 4 is 15.8 Å². The van der Waals surface area contributed by atoms with Gasteiger partial charge in [-0.05, 0) is 38.1 Å². The van der Waals surface area contributed by atoms with E-state index in [1.54, 1.807) is 0 Å². The second kappa shape index (κ2) is 5.57. The van der Waals surface area contributed by atoms with Crippen LogP contribution in [0.3, 0.4) is 0 Å². The van der Waals surface area contributed by atoms with Gasteiger partial charge in [-0.2, -0.15) is 0 Å². The molecule has 2 saturated heterocycles. The summed E-state index contributed by atoms with van der Waals surface area (Å²) >= 11 is 0. The molecule has 0 aromatic heterocycles. The summed E-state index contributed by atoms with van der Waals surface area (Å²) in [6.07, 6.45) is 3.96. The molecule has 2 fully saturated rings. The van der Waals surface area contributed by atoms with Gasteiger partial charge in [-0.3, -0.25) is 4.79 Å². The highest BCUT2D eigenvalue weighted by atomic mass is 32.2. The lowest BCUT2D eigenvalue weighted by molar-refractivity contribution is -0.142. The van der Waals surface area contributed by atoms with Crippen LogP contribution in [-0.2, 0) is 19.4 Å². The quantitative estimate of drug-likeness (QED) is 0.759. The monoisotopic (exact) mass is 275 g/mol. The average Bonchev–Trinajstić information content (AvgIpc) is 2.79. The Morgan fingerprint density at radius 2 is 2.17 bits per heavy atom. The second-order valence-electron chi connectivity index (χ2n) is 5.31. The zero-order chi connectivity index (χ0) is 13.2. The summed E-state index contributed by atoms with van der Waals surface area (Å²) in [6, 6.07) is -0.258. The van der Waals surface area contributed by atoms with Crippen LogP contribution in [0.5, 0.6) is 0 Å². The molecule has 2 aliphatic rings. The van der Waals surface area contributed by atoms with Gasteiger partial charge < -0.3 is 10.1 Å². The zero-order valence-electron chi connectivity index (χ0n) is 10.7. The fourth-order valence-corrected chi connectivity index (χ4v) is 5.00. The molecule has 0 aromatic carbocycles. The molecule has 0 bridgehead atoms. The van der Waals surface area contributed by atoms with Crippen LogP contribution in [0.25, 0.3) is 0 Å². The smallest absolute Gasteiger partial charge is 0.322 e. The molecule has 1 N–H and O–H groups in total. The number of esters is 1. The molecule has 0 radical (unpaired) electrons. The van der Waals surface area contributed by atoms with Crippen molar-refractivity contribution < 1.29 is 17.9 Å². The molecule has 3 atom stereocenters. The summed E-state index contributed by atoms with van der Waals surface area (Å²) in [7, 11) is -1.52. The first-order valence-corrected chi connectivity index (χ1v) is 8.27. The summed E-state index contributed by atoms with van der Waals surface area (Å²) in [5.74, 6) is 0.356. The highest BCUT2D eigenvalue weighted by Gasteiger charge is 2.36. The maximum atomic E-state index is 11.9. The Morgan fingerprint density at radius 3 is 2.83 bits per heavy atom. The third kappa shape index (κ3) is 3.03. The van der Waals surface area contributed by atoms with Gasteiger partial charge in [-0.15, -0.1) is 0 Å². The SMILES string of the molecule is COC(=O)C1CC(CC2CCCCS2(=O)=O)CN1. The number of nitrogens with one attached hydrogen (secondary N) is 1. The van der Waals surface area contributed by atoms with Crippen molar-refractivity contribution in [1.29, 1.82) is 0 Å². The van der Waals surface area contributed by atoms with Crippen molar-refractivity contribution in [2.24, 2.45) is 5.92 Å². The van der Waals surface area contributed by atoms with E-state index in [1.807, 2.05) is 0 Å². The van der Waals surface area contributed by atoms with Gasteiger partial charge in [0.05, 0.1) is 18.1 Å². The van der Waals surface area contributed by atoms with Crippen molar-refractivity contribution in [3.8, 4) is 0 Å². The van der Waals surface area contributed by atoms with Gasteiger partial charge in [-0.1, -0.05) is 6.42 Å². The molecule has 18 heavy (non-hydrogen) atoms. The Hall–Kier alpha value is -0.620. The van der Waals surface area contributed by atoms with Crippen LogP contribution < -0.4 is 5.32 Å². The van der Waals surface area contributed by atoms with Crippen molar-refractivity contribution in [3.05, 3.63) is 0 Å². The summed E-state index contributed by atoms with van der Waals surface area (Å²) in [6.45, 7) is 0.714. The molecule has 0 spiro atoms. The second-order valence-corrected chi connectivity index (χ2v) is 7.71. The predicted molar refractivity (Wildman–Crippen MR) is 68.0 cm³/mol. The lowest BCUT2D eigenvalue weighted by atomic mass is 9.97. The van der Waals surface area contributed by atoms with Crippen LogP contribution in [0, 0.1) is 5.92 Å². The van der Waals surface area contributed by atoms with Crippen molar-refractivity contribution in [2.75, 3.05) is 19.4 Å². The highest BCUT2D eigenvalue weighted by molar-refractivity contribution is 7.92. The van der Waals surface area contributed by atoms with Crippen LogP contribution in [0.15, 0.2) is 0 Å². The molecule has 104 valence electrons. The molecule has 2 rings (SSSR count). The standard InChI is InChI=1S/C12H21NO4S/c1-17-12(14)11-7-9(8-13-11)6-10-4-2-3-5-18(10,15)16/h9-11,13H,2-8H2,1H3. The van der Waals surface area contributed by atoms with E-state index < -0.39 is 9.84 Å². The van der Waals surface area contributed by atoms with Crippen molar-refractivity contribution in [2.45, 2.75) is 43.4 Å². The molecule has 0 amide bonds. The molecule has 0 saturated carbocycles. The fourth-order valence-electron chi connectivity index (χ4n) is 2.97. The first-order chi connectivity index (χ1) is 8.53. The van der Waals surface area contributed by atoms with Gasteiger partial charge in [0.15, 0.2) is 9.84 Å². The first-order valence-electron chi connectivity index (χ1n) is 6.55. The number of methoxy groups -OCH3 is 1. The Morgan fingerprint density at radius 1 is 1.39 bits per heavy atom. The molecule has 3 unspecified atom stereocenters. The van der Waals surface area contributed by atoms with Crippen LogP contribution >= 0.6 is 0 Å². The number of hydrogen-bond donors (Lipinski definition) is 1. The average molecular weight is 275 g/mol. The summed E-state index contributed by atoms with van der Waals surface area (Å²) < 4.78 is 28.6. The predicted octanol–water partition coefficient (Wildman–Crippen LogP) is 0.495. The fraction of sp³-hybridized carbons (Fsp3) is 0.917. The zero-order valence-corrected chi connectivity index (χ0v) is 11.5. The van der Waals surface area contributed by atoms with Crippen LogP contribution in [0.2, 0.25) is 0 Å². The maximum absolute atomic E-state index is 11.9. The van der Waals surface area contributed by atoms with E-state index in [2.05, 4.69) is 5.32 Å². The normalized spacial score (nSPS) is 35.3. The van der Waals surface area contributed by atoms with Crippen LogP contribution in [0.1, 0.15) is 32.1 Å². The van der Waals surface area contributed by atoms with Gasteiger partial charge in [-0.25, -0.2) is 8.42 Å². The van der Waals surface area contributed by atoms with Gasteiger partial charge in [0.25, 0.3) is 0 Å². The first kappa shape index (κ1) is 13.8. The van der Waals surface area contributed by atoms with E-state index in [4.69, 9.17) is 4.74 Å². The number of sulfone groups is 1. The Balaban J connectivity index is 1.89. The number of carbonyl (C=O) groups is 1. The Labute approximate surface area is 108 Å². The van der Waals surface area contributed by atoms with Crippen LogP contribution in [0.4, 0.5) is 0 Å². The van der Waals surface area contributed by atoms with Crippen LogP contribution in [-0.4, -0.2) is 45.1 Å². The summed E-state index contributed by atoms with van der Waals surface area (Å²) in [5.41, 5.74) is 0. The van der Waals surface area contributed by atoms with Gasteiger partial charge in [0.1, 0.15) is 6.04 Å². The van der Waals surface area contributed by atoms with Crippen molar-refractivity contribution in [1.82, 2.24) is 5.32 Å². The maximum Gasteiger partial charge on any atom is 0.322 e. The molecule has 5 nitrogen and oxygen atoms in total. The molecule has 2 aliphatic heterocycles. The minimum atomic E-state index is -2.90. The summed E-state index contributed by atoms with van der Waals surface area (Å²) in [5, 5.41) is 2.91. The van der Waals surface area contributed by atoms with Gasteiger partial charge in [0.2, 0.25) is 0 Å². The molecule has 6 heteroatoms. The van der Waals surface area contributed by atoms with E-state index in [9.17, 15) is 13.2 Å². The van der Waals surface area contributed by atoms with E-state index in [-0.39, 0.29) is 23.2 Å². The Bertz CT molecular complexity index is 406. The molecule has 0 aliphatic carbocycles. The highest BCUT2D eigenvalue weighted by Crippen LogP contribution is 2.28. The molecular formula is C12H21NO4S. The summed E-state index contributed by atoms with van der Waals surface area (Å²) in [4.78, 5) is 11.4. The third-order valence-electron chi connectivity index (χ3n) is 4.02. The molecule has 0 aromatic rings. The minimum absolute atomic E-state index is 0.200. The molecular weight excluding hydrogens is 254 g/mol. The Kier molecular flexibility index (Phi) is 4.27. The lowest BCUT2D eigenvalue weighted by Gasteiger charge is -2.24. The number of ether oxygens (including phenoxy) is 1. The number of carbonyl (C=O) groups excluding carboxylic acids is 1. The minimum Gasteiger partial charge on any atom is -0.468 e.